The molecule has 3 rings (SSSR count). The minimum Gasteiger partial charge on any atom is -0.378 e. The Hall–Kier alpha value is -3.81. The topological polar surface area (TPSA) is 84.5 Å². The van der Waals surface area contributed by atoms with Crippen molar-refractivity contribution in [2.75, 3.05) is 23.8 Å². The number of benzene rings is 3. The van der Waals surface area contributed by atoms with E-state index in [1.54, 1.807) is 72.8 Å². The molecule has 36 heavy (non-hydrogen) atoms. The number of carbonyl (C=O) groups is 3. The first-order chi connectivity index (χ1) is 17.3. The van der Waals surface area contributed by atoms with E-state index in [9.17, 15) is 14.4 Å². The Bertz CT molecular complexity index is 1230. The minimum atomic E-state index is -1.17. The predicted molar refractivity (Wildman–Crippen MR) is 148 cm³/mol. The summed E-state index contributed by atoms with van der Waals surface area (Å²) in [5.41, 5.74) is 3.04. The summed E-state index contributed by atoms with van der Waals surface area (Å²) in [6.07, 6.45) is 4.24. The van der Waals surface area contributed by atoms with Gasteiger partial charge >= 0.3 is 0 Å². The van der Waals surface area contributed by atoms with E-state index >= 15 is 0 Å². The summed E-state index contributed by atoms with van der Waals surface area (Å²) in [7, 11) is -1.17. The molecule has 0 heterocycles. The first-order valence-electron chi connectivity index (χ1n) is 11.9. The molecule has 2 N–H and O–H groups in total. The van der Waals surface area contributed by atoms with Crippen molar-refractivity contribution in [1.82, 2.24) is 0 Å². The van der Waals surface area contributed by atoms with Crippen LogP contribution in [-0.2, 0) is 9.53 Å². The van der Waals surface area contributed by atoms with Crippen LogP contribution in [0.2, 0.25) is 25.7 Å². The van der Waals surface area contributed by atoms with Gasteiger partial charge in [-0.15, -0.1) is 0 Å². The molecule has 0 atom stereocenters. The van der Waals surface area contributed by atoms with E-state index in [4.69, 9.17) is 4.74 Å². The molecule has 3 aromatic carbocycles. The fourth-order valence-electron chi connectivity index (χ4n) is 3.51. The van der Waals surface area contributed by atoms with Gasteiger partial charge in [0.15, 0.2) is 5.78 Å². The highest BCUT2D eigenvalue weighted by Gasteiger charge is 2.16. The molecule has 0 fully saturated rings. The number of ketones is 1. The Labute approximate surface area is 213 Å². The van der Waals surface area contributed by atoms with Crippen molar-refractivity contribution in [3.05, 3.63) is 101 Å². The average molecular weight is 501 g/mol. The molecule has 0 radical (unpaired) electrons. The Morgan fingerprint density at radius 1 is 0.917 bits per heavy atom. The van der Waals surface area contributed by atoms with Gasteiger partial charge in [0.25, 0.3) is 5.91 Å². The SMILES string of the molecule is C[Si](C)(C)CCOCC=Cc1c(NC=O)cccc1C(=O)c1cccc(NC(=O)c2ccccc2)c1. The van der Waals surface area contributed by atoms with Gasteiger partial charge in [-0.05, 0) is 36.4 Å². The third-order valence-electron chi connectivity index (χ3n) is 5.48. The summed E-state index contributed by atoms with van der Waals surface area (Å²) >= 11 is 0. The van der Waals surface area contributed by atoms with E-state index in [2.05, 4.69) is 30.3 Å². The monoisotopic (exact) mass is 500 g/mol. The molecule has 7 heteroatoms. The zero-order valence-electron chi connectivity index (χ0n) is 20.9. The summed E-state index contributed by atoms with van der Waals surface area (Å²) in [4.78, 5) is 37.2. The van der Waals surface area contributed by atoms with Crippen LogP contribution in [0.1, 0.15) is 31.8 Å². The molecule has 0 bridgehead atoms. The van der Waals surface area contributed by atoms with Crippen LogP contribution >= 0.6 is 0 Å². The van der Waals surface area contributed by atoms with Crippen LogP contribution in [0.25, 0.3) is 6.08 Å². The predicted octanol–water partition coefficient (Wildman–Crippen LogP) is 6.11. The highest BCUT2D eigenvalue weighted by Crippen LogP contribution is 2.25. The molecule has 0 spiro atoms. The normalized spacial score (nSPS) is 11.3. The molecule has 0 saturated carbocycles. The number of ether oxygens (including phenoxy) is 1. The lowest BCUT2D eigenvalue weighted by Crippen LogP contribution is -2.21. The number of anilines is 2. The molecular formula is C29H32N2O4Si. The first kappa shape index (κ1) is 26.8. The van der Waals surface area contributed by atoms with E-state index in [-0.39, 0.29) is 11.7 Å². The Morgan fingerprint density at radius 3 is 2.36 bits per heavy atom. The Balaban J connectivity index is 1.80. The average Bonchev–Trinajstić information content (AvgIpc) is 2.86. The maximum Gasteiger partial charge on any atom is 0.255 e. The van der Waals surface area contributed by atoms with Gasteiger partial charge in [-0.1, -0.05) is 74.3 Å². The molecule has 0 aliphatic heterocycles. The van der Waals surface area contributed by atoms with Crippen LogP contribution < -0.4 is 10.6 Å². The minimum absolute atomic E-state index is 0.223. The van der Waals surface area contributed by atoms with E-state index in [1.807, 2.05) is 12.1 Å². The third-order valence-corrected chi connectivity index (χ3v) is 7.18. The van der Waals surface area contributed by atoms with Gasteiger partial charge in [0.2, 0.25) is 6.41 Å². The zero-order valence-corrected chi connectivity index (χ0v) is 21.9. The molecule has 0 aliphatic rings. The van der Waals surface area contributed by atoms with Gasteiger partial charge in [0.05, 0.1) is 6.61 Å². The second-order valence-corrected chi connectivity index (χ2v) is 15.2. The van der Waals surface area contributed by atoms with E-state index in [0.717, 1.165) is 6.04 Å². The van der Waals surface area contributed by atoms with Crippen molar-refractivity contribution in [3.63, 3.8) is 0 Å². The lowest BCUT2D eigenvalue weighted by atomic mass is 9.96. The Kier molecular flexibility index (Phi) is 9.50. The largest absolute Gasteiger partial charge is 0.378 e. The molecular weight excluding hydrogens is 468 g/mol. The van der Waals surface area contributed by atoms with Crippen molar-refractivity contribution >= 4 is 43.6 Å². The summed E-state index contributed by atoms with van der Waals surface area (Å²) < 4.78 is 5.74. The highest BCUT2D eigenvalue weighted by molar-refractivity contribution is 6.76. The molecule has 6 nitrogen and oxygen atoms in total. The first-order valence-corrected chi connectivity index (χ1v) is 15.6. The maximum absolute atomic E-state index is 13.5. The van der Waals surface area contributed by atoms with Crippen LogP contribution in [0.4, 0.5) is 11.4 Å². The van der Waals surface area contributed by atoms with Crippen molar-refractivity contribution in [1.29, 1.82) is 0 Å². The van der Waals surface area contributed by atoms with Crippen molar-refractivity contribution in [3.8, 4) is 0 Å². The fourth-order valence-corrected chi connectivity index (χ4v) is 4.27. The van der Waals surface area contributed by atoms with E-state index in [0.29, 0.717) is 53.3 Å². The smallest absolute Gasteiger partial charge is 0.255 e. The van der Waals surface area contributed by atoms with Crippen LogP contribution in [-0.4, -0.2) is 39.4 Å². The van der Waals surface area contributed by atoms with Crippen molar-refractivity contribution in [2.24, 2.45) is 0 Å². The molecule has 3 aromatic rings. The highest BCUT2D eigenvalue weighted by atomic mass is 28.3. The number of nitrogens with one attached hydrogen (secondary N) is 2. The summed E-state index contributed by atoms with van der Waals surface area (Å²) in [5, 5.41) is 5.51. The van der Waals surface area contributed by atoms with E-state index in [1.165, 1.54) is 0 Å². The second kappa shape index (κ2) is 12.8. The maximum atomic E-state index is 13.5. The quantitative estimate of drug-likeness (QED) is 0.136. The zero-order chi connectivity index (χ0) is 26.0. The van der Waals surface area contributed by atoms with Gasteiger partial charge in [-0.3, -0.25) is 14.4 Å². The number of hydrogen-bond acceptors (Lipinski definition) is 4. The van der Waals surface area contributed by atoms with Crippen molar-refractivity contribution < 1.29 is 19.1 Å². The second-order valence-electron chi connectivity index (χ2n) is 9.55. The van der Waals surface area contributed by atoms with Crippen LogP contribution in [0.5, 0.6) is 0 Å². The number of carbonyl (C=O) groups excluding carboxylic acids is 3. The lowest BCUT2D eigenvalue weighted by molar-refractivity contribution is -0.105. The summed E-state index contributed by atoms with van der Waals surface area (Å²) in [6, 6.07) is 22.0. The van der Waals surface area contributed by atoms with E-state index < -0.39 is 8.07 Å². The molecule has 0 aromatic heterocycles. The number of amides is 2. The Morgan fingerprint density at radius 2 is 1.64 bits per heavy atom. The lowest BCUT2D eigenvalue weighted by Gasteiger charge is -2.14. The van der Waals surface area contributed by atoms with Crippen LogP contribution in [0, 0.1) is 0 Å². The number of hydrogen-bond donors (Lipinski definition) is 2. The third kappa shape index (κ3) is 7.86. The number of rotatable bonds is 12. The standard InChI is InChI=1S/C29H32N2O4Si/c1-36(2,3)19-18-35-17-9-15-25-26(14-8-16-27(25)30-21-32)28(33)23-12-7-13-24(20-23)31-29(34)22-10-5-4-6-11-22/h4-16,20-21H,17-19H2,1-3H3,(H,30,32)(H,31,34). The van der Waals surface area contributed by atoms with Gasteiger partial charge < -0.3 is 15.4 Å². The van der Waals surface area contributed by atoms with Gasteiger partial charge in [0.1, 0.15) is 0 Å². The molecule has 0 aliphatic carbocycles. The van der Waals surface area contributed by atoms with Crippen LogP contribution in [0.15, 0.2) is 78.9 Å². The summed E-state index contributed by atoms with van der Waals surface area (Å²) in [6.45, 7) is 8.00. The van der Waals surface area contributed by atoms with Gasteiger partial charge in [-0.2, -0.15) is 0 Å². The van der Waals surface area contributed by atoms with Gasteiger partial charge in [0, 0.05) is 48.3 Å². The molecule has 186 valence electrons. The molecule has 0 unspecified atom stereocenters. The fraction of sp³-hybridized carbons (Fsp3) is 0.207. The summed E-state index contributed by atoms with van der Waals surface area (Å²) in [5.74, 6) is -0.477. The molecule has 2 amide bonds. The van der Waals surface area contributed by atoms with Gasteiger partial charge in [-0.25, -0.2) is 0 Å². The van der Waals surface area contributed by atoms with Crippen molar-refractivity contribution in [2.45, 2.75) is 25.7 Å². The molecule has 0 saturated heterocycles. The van der Waals surface area contributed by atoms with Crippen LogP contribution in [0.3, 0.4) is 0 Å².